The van der Waals surface area contributed by atoms with Gasteiger partial charge >= 0.3 is 0 Å². The summed E-state index contributed by atoms with van der Waals surface area (Å²) in [6.07, 6.45) is 6.50. The van der Waals surface area contributed by atoms with Crippen LogP contribution >= 0.6 is 23.2 Å². The van der Waals surface area contributed by atoms with Crippen LogP contribution in [0.3, 0.4) is 0 Å². The number of hydrogen-bond donors (Lipinski definition) is 1. The summed E-state index contributed by atoms with van der Waals surface area (Å²) in [4.78, 5) is 10.7. The predicted octanol–water partition coefficient (Wildman–Crippen LogP) is 6.08. The van der Waals surface area contributed by atoms with Crippen LogP contribution in [-0.4, -0.2) is 33.3 Å². The number of aromatic amines is 1. The molecule has 2 aliphatic rings. The summed E-state index contributed by atoms with van der Waals surface area (Å²) in [5, 5.41) is 18.3. The maximum Gasteiger partial charge on any atom is 0.167 e. The first-order chi connectivity index (χ1) is 16.9. The molecule has 0 amide bonds. The molecule has 4 aromatic rings. The summed E-state index contributed by atoms with van der Waals surface area (Å²) in [7, 11) is 0. The second kappa shape index (κ2) is 8.08. The van der Waals surface area contributed by atoms with Crippen LogP contribution in [0.5, 0.6) is 5.75 Å². The number of nitrogens with zero attached hydrogens (tertiary/aromatic N) is 5. The van der Waals surface area contributed by atoms with Crippen molar-refractivity contribution in [2.75, 3.05) is 18.0 Å². The van der Waals surface area contributed by atoms with Crippen molar-refractivity contribution in [1.82, 2.24) is 20.2 Å². The highest BCUT2D eigenvalue weighted by Gasteiger charge is 2.53. The third kappa shape index (κ3) is 3.76. The van der Waals surface area contributed by atoms with Crippen LogP contribution in [0.25, 0.3) is 22.2 Å². The molecule has 35 heavy (non-hydrogen) atoms. The molecule has 1 aliphatic heterocycles. The van der Waals surface area contributed by atoms with Crippen molar-refractivity contribution in [3.05, 3.63) is 63.8 Å². The number of ether oxygens (including phenoxy) is 1. The maximum absolute atomic E-state index is 14.9. The Hall–Kier alpha value is -3.41. The largest absolute Gasteiger partial charge is 0.483 e. The van der Waals surface area contributed by atoms with E-state index in [9.17, 15) is 9.65 Å². The van der Waals surface area contributed by atoms with Crippen molar-refractivity contribution in [3.8, 4) is 23.1 Å². The Morgan fingerprint density at radius 3 is 2.60 bits per heavy atom. The molecule has 1 aromatic carbocycles. The number of H-pyrrole nitrogens is 1. The van der Waals surface area contributed by atoms with Gasteiger partial charge in [0.05, 0.1) is 21.1 Å². The Morgan fingerprint density at radius 2 is 1.91 bits per heavy atom. The van der Waals surface area contributed by atoms with Gasteiger partial charge in [0.25, 0.3) is 0 Å². The van der Waals surface area contributed by atoms with Crippen molar-refractivity contribution in [1.29, 1.82) is 5.26 Å². The molecule has 1 atom stereocenters. The van der Waals surface area contributed by atoms with Crippen molar-refractivity contribution in [2.45, 2.75) is 25.9 Å². The molecule has 1 aliphatic carbocycles. The molecule has 4 heterocycles. The Balaban J connectivity index is 1.34. The van der Waals surface area contributed by atoms with Gasteiger partial charge in [-0.2, -0.15) is 10.4 Å². The minimum Gasteiger partial charge on any atom is -0.483 e. The lowest BCUT2D eigenvalue weighted by Crippen LogP contribution is -2.49. The second-order valence-corrected chi connectivity index (χ2v) is 10.1. The van der Waals surface area contributed by atoms with Crippen molar-refractivity contribution >= 4 is 39.9 Å². The zero-order valence-electron chi connectivity index (χ0n) is 18.6. The van der Waals surface area contributed by atoms with E-state index in [-0.39, 0.29) is 5.75 Å². The van der Waals surface area contributed by atoms with Gasteiger partial charge in [-0.25, -0.2) is 9.37 Å². The number of halogens is 3. The van der Waals surface area contributed by atoms with Gasteiger partial charge in [0, 0.05) is 59.7 Å². The van der Waals surface area contributed by atoms with E-state index in [1.54, 1.807) is 25.3 Å². The Bertz CT molecular complexity index is 1500. The van der Waals surface area contributed by atoms with Crippen LogP contribution in [0, 0.1) is 22.6 Å². The summed E-state index contributed by atoms with van der Waals surface area (Å²) < 4.78 is 20.8. The first-order valence-electron chi connectivity index (χ1n) is 11.2. The monoisotopic (exact) mass is 508 g/mol. The van der Waals surface area contributed by atoms with E-state index in [1.165, 1.54) is 31.3 Å². The first-order valence-corrected chi connectivity index (χ1v) is 11.9. The molecule has 0 unspecified atom stereocenters. The fourth-order valence-corrected chi connectivity index (χ4v) is 5.39. The molecule has 0 bridgehead atoms. The summed E-state index contributed by atoms with van der Waals surface area (Å²) in [5.74, 6) is 0.166. The van der Waals surface area contributed by atoms with Gasteiger partial charge < -0.3 is 9.64 Å². The second-order valence-electron chi connectivity index (χ2n) is 9.24. The summed E-state index contributed by atoms with van der Waals surface area (Å²) in [5.41, 5.74) is 3.17. The predicted molar refractivity (Wildman–Crippen MR) is 131 cm³/mol. The maximum atomic E-state index is 14.9. The highest BCUT2D eigenvalue weighted by molar-refractivity contribution is 6.35. The average molecular weight is 509 g/mol. The fourth-order valence-electron chi connectivity index (χ4n) is 4.72. The standard InChI is InChI=1S/C25H19Cl2FN6O/c1-13(22-17(26)9-30-10-18(22)27)35-21-5-16-20(6-19(21)28)32-33-23(16)15-4-14(7-29)24(31-8-15)34-11-25(12-34)2-3-25/h4-6,8-10,13H,2-3,11-12H2,1H3,(H,32,33)/t13-/m1/s1. The van der Waals surface area contributed by atoms with Crippen molar-refractivity contribution in [3.63, 3.8) is 0 Å². The van der Waals surface area contributed by atoms with Gasteiger partial charge in [-0.3, -0.25) is 10.1 Å². The van der Waals surface area contributed by atoms with E-state index in [1.807, 2.05) is 0 Å². The number of fused-ring (bicyclic) bond motifs is 1. The van der Waals surface area contributed by atoms with Crippen molar-refractivity contribution in [2.24, 2.45) is 5.41 Å². The molecule has 3 aromatic heterocycles. The molecule has 0 radical (unpaired) electrons. The number of rotatable bonds is 5. The molecule has 6 rings (SSSR count). The SMILES string of the molecule is C[C@@H](Oc1cc2c(-c3cnc(N4CC5(CC5)C4)c(C#N)c3)n[nH]c2cc1F)c1c(Cl)cncc1Cl. The first kappa shape index (κ1) is 22.1. The third-order valence-electron chi connectivity index (χ3n) is 6.79. The summed E-state index contributed by atoms with van der Waals surface area (Å²) in [6, 6.07) is 6.94. The number of hydrogen-bond acceptors (Lipinski definition) is 6. The Kier molecular flexibility index (Phi) is 5.09. The van der Waals surface area contributed by atoms with Crippen LogP contribution in [0.15, 0.2) is 36.8 Å². The van der Waals surface area contributed by atoms with Crippen LogP contribution in [0.2, 0.25) is 10.0 Å². The van der Waals surface area contributed by atoms with Gasteiger partial charge in [-0.1, -0.05) is 23.2 Å². The Morgan fingerprint density at radius 1 is 1.17 bits per heavy atom. The van der Waals surface area contributed by atoms with E-state index < -0.39 is 11.9 Å². The van der Waals surface area contributed by atoms with Gasteiger partial charge in [0.15, 0.2) is 11.6 Å². The quantitative estimate of drug-likeness (QED) is 0.351. The molecule has 1 N–H and O–H groups in total. The van der Waals surface area contributed by atoms with Gasteiger partial charge in [0.1, 0.15) is 23.7 Å². The number of nitrogens with one attached hydrogen (secondary N) is 1. The zero-order chi connectivity index (χ0) is 24.3. The van der Waals surface area contributed by atoms with E-state index in [2.05, 4.69) is 31.1 Å². The van der Waals surface area contributed by atoms with Crippen LogP contribution in [-0.2, 0) is 0 Å². The minimum absolute atomic E-state index is 0.0250. The lowest BCUT2D eigenvalue weighted by atomic mass is 9.96. The number of pyridine rings is 2. The number of nitriles is 1. The Labute approximate surface area is 210 Å². The van der Waals surface area contributed by atoms with E-state index in [4.69, 9.17) is 27.9 Å². The molecule has 176 valence electrons. The number of benzene rings is 1. The molecule has 1 saturated heterocycles. The average Bonchev–Trinajstić information content (AvgIpc) is 3.52. The number of anilines is 1. The molecule has 7 nitrogen and oxygen atoms in total. The normalized spacial score (nSPS) is 16.7. The topological polar surface area (TPSA) is 90.7 Å². The fraction of sp³-hybridized carbons (Fsp3) is 0.280. The molecule has 10 heteroatoms. The van der Waals surface area contributed by atoms with Gasteiger partial charge in [-0.15, -0.1) is 0 Å². The third-order valence-corrected chi connectivity index (χ3v) is 7.39. The summed E-state index contributed by atoms with van der Waals surface area (Å²) in [6.45, 7) is 3.63. The van der Waals surface area contributed by atoms with Gasteiger partial charge in [0.2, 0.25) is 0 Å². The smallest absolute Gasteiger partial charge is 0.167 e. The van der Waals surface area contributed by atoms with E-state index >= 15 is 0 Å². The molecule has 1 spiro atoms. The highest BCUT2D eigenvalue weighted by atomic mass is 35.5. The number of aromatic nitrogens is 4. The molecular weight excluding hydrogens is 490 g/mol. The van der Waals surface area contributed by atoms with E-state index in [0.717, 1.165) is 13.1 Å². The van der Waals surface area contributed by atoms with E-state index in [0.29, 0.717) is 54.6 Å². The molecule has 2 fully saturated rings. The highest BCUT2D eigenvalue weighted by Crippen LogP contribution is 2.54. The molecular formula is C25H19Cl2FN6O. The van der Waals surface area contributed by atoms with Gasteiger partial charge in [-0.05, 0) is 31.9 Å². The zero-order valence-corrected chi connectivity index (χ0v) is 20.2. The van der Waals surface area contributed by atoms with Crippen LogP contribution < -0.4 is 9.64 Å². The lowest BCUT2D eigenvalue weighted by molar-refractivity contribution is 0.217. The summed E-state index contributed by atoms with van der Waals surface area (Å²) >= 11 is 12.5. The molecule has 1 saturated carbocycles. The minimum atomic E-state index is -0.627. The van der Waals surface area contributed by atoms with Crippen molar-refractivity contribution < 1.29 is 9.13 Å². The van der Waals surface area contributed by atoms with Crippen LogP contribution in [0.1, 0.15) is 37.0 Å². The van der Waals surface area contributed by atoms with Crippen LogP contribution in [0.4, 0.5) is 10.2 Å². The lowest BCUT2D eigenvalue weighted by Gasteiger charge is -2.41.